The first-order chi connectivity index (χ1) is 11.4. The van der Waals surface area contributed by atoms with Crippen molar-refractivity contribution in [3.8, 4) is 6.07 Å². The third-order valence-electron chi connectivity index (χ3n) is 3.20. The van der Waals surface area contributed by atoms with E-state index in [4.69, 9.17) is 12.6 Å². The van der Waals surface area contributed by atoms with Crippen LogP contribution in [-0.4, -0.2) is 11.5 Å². The van der Waals surface area contributed by atoms with Gasteiger partial charge in [-0.2, -0.15) is 9.83 Å². The van der Waals surface area contributed by atoms with Gasteiger partial charge in [-0.1, -0.05) is 32.3 Å². The number of hydrogen-bond donors (Lipinski definition) is 0. The highest BCUT2D eigenvalue weighted by molar-refractivity contribution is 9.10. The number of nitrogens with zero attached hydrogens (tertiary/aromatic N) is 2. The van der Waals surface area contributed by atoms with Gasteiger partial charge in [-0.3, -0.25) is 4.79 Å². The molecule has 24 heavy (non-hydrogen) atoms. The number of aryl methyl sites for hydroxylation is 2. The van der Waals surface area contributed by atoms with Crippen LogP contribution in [0.25, 0.3) is 5.70 Å². The van der Waals surface area contributed by atoms with E-state index in [0.29, 0.717) is 15.5 Å². The summed E-state index contributed by atoms with van der Waals surface area (Å²) in [7, 11) is 0. The second-order valence-electron chi connectivity index (χ2n) is 5.26. The van der Waals surface area contributed by atoms with Crippen molar-refractivity contribution in [3.05, 3.63) is 68.1 Å². The predicted molar refractivity (Wildman–Crippen MR) is 103 cm³/mol. The molecule has 0 saturated carbocycles. The quantitative estimate of drug-likeness (QED) is 0.316. The molecule has 0 saturated heterocycles. The third-order valence-corrected chi connectivity index (χ3v) is 5.14. The van der Waals surface area contributed by atoms with Crippen molar-refractivity contribution in [1.29, 1.82) is 5.26 Å². The minimum Gasteiger partial charge on any atom is -0.766 e. The Morgan fingerprint density at radius 3 is 2.38 bits per heavy atom. The van der Waals surface area contributed by atoms with E-state index in [-0.39, 0.29) is 11.5 Å². The SMILES string of the molecule is Cc1cc(C)c[n+](C(C#N)=C([S-])SCC(=O)c2ccc(Br)cc2)c1. The van der Waals surface area contributed by atoms with E-state index in [0.717, 1.165) is 15.6 Å². The molecule has 0 spiro atoms. The number of carbonyl (C=O) groups excluding carboxylic acids is 1. The Balaban J connectivity index is 2.17. The minimum absolute atomic E-state index is 0.0161. The number of carbonyl (C=O) groups is 1. The number of hydrogen-bond acceptors (Lipinski definition) is 4. The number of thioether (sulfide) groups is 1. The maximum Gasteiger partial charge on any atom is 0.275 e. The van der Waals surface area contributed by atoms with Crippen LogP contribution in [0.15, 0.2) is 51.4 Å². The minimum atomic E-state index is -0.0161. The van der Waals surface area contributed by atoms with Crippen molar-refractivity contribution in [2.24, 2.45) is 0 Å². The summed E-state index contributed by atoms with van der Waals surface area (Å²) in [4.78, 5) is 12.2. The van der Waals surface area contributed by atoms with Gasteiger partial charge in [0, 0.05) is 21.2 Å². The molecule has 2 rings (SSSR count). The highest BCUT2D eigenvalue weighted by atomic mass is 79.9. The van der Waals surface area contributed by atoms with Gasteiger partial charge < -0.3 is 12.6 Å². The smallest absolute Gasteiger partial charge is 0.275 e. The molecular weight excluding hydrogens is 404 g/mol. The summed E-state index contributed by atoms with van der Waals surface area (Å²) in [6, 6.07) is 11.4. The van der Waals surface area contributed by atoms with Crippen LogP contribution in [-0.2, 0) is 12.6 Å². The molecule has 0 atom stereocenters. The molecular formula is C18H15BrN2OS2. The number of pyridine rings is 1. The molecule has 122 valence electrons. The van der Waals surface area contributed by atoms with Crippen molar-refractivity contribution >= 4 is 51.8 Å². The van der Waals surface area contributed by atoms with Crippen LogP contribution in [0, 0.1) is 25.2 Å². The number of nitriles is 1. The first kappa shape index (κ1) is 18.7. The number of rotatable bonds is 5. The Labute approximate surface area is 159 Å². The van der Waals surface area contributed by atoms with E-state index < -0.39 is 0 Å². The lowest BCUT2D eigenvalue weighted by Crippen LogP contribution is -2.32. The standard InChI is InChI=1S/C18H15BrN2OS2/c1-12-7-13(2)10-21(9-12)16(8-20)18(23)24-11-17(22)14-3-5-15(19)6-4-14/h3-7,9-10H,11H2,1-2H3. The predicted octanol–water partition coefficient (Wildman–Crippen LogP) is 4.17. The number of allylic oxidation sites excluding steroid dienone is 1. The van der Waals surface area contributed by atoms with E-state index in [1.807, 2.05) is 44.4 Å². The molecule has 6 heteroatoms. The zero-order chi connectivity index (χ0) is 17.7. The molecule has 0 aliphatic rings. The highest BCUT2D eigenvalue weighted by Crippen LogP contribution is 2.20. The summed E-state index contributed by atoms with van der Waals surface area (Å²) in [5, 5.41) is 9.45. The first-order valence-electron chi connectivity index (χ1n) is 7.13. The van der Waals surface area contributed by atoms with E-state index in [2.05, 4.69) is 22.0 Å². The van der Waals surface area contributed by atoms with Crippen molar-refractivity contribution in [2.45, 2.75) is 13.8 Å². The summed E-state index contributed by atoms with van der Waals surface area (Å²) in [6.45, 7) is 3.93. The molecule has 0 amide bonds. The number of aromatic nitrogens is 1. The highest BCUT2D eigenvalue weighted by Gasteiger charge is 2.13. The van der Waals surface area contributed by atoms with Gasteiger partial charge in [0.2, 0.25) is 0 Å². The fourth-order valence-corrected chi connectivity index (χ4v) is 3.47. The Morgan fingerprint density at radius 2 is 1.83 bits per heavy atom. The average molecular weight is 419 g/mol. The first-order valence-corrected chi connectivity index (χ1v) is 9.32. The largest absolute Gasteiger partial charge is 0.766 e. The lowest BCUT2D eigenvalue weighted by molar-refractivity contribution is -0.578. The molecule has 3 nitrogen and oxygen atoms in total. The van der Waals surface area contributed by atoms with Crippen LogP contribution in [0.4, 0.5) is 0 Å². The second-order valence-corrected chi connectivity index (χ2v) is 7.83. The van der Waals surface area contributed by atoms with Gasteiger partial charge in [-0.15, -0.1) is 11.8 Å². The molecule has 0 N–H and O–H groups in total. The Hall–Kier alpha value is -1.68. The van der Waals surface area contributed by atoms with Gasteiger partial charge in [0.05, 0.1) is 5.75 Å². The molecule has 0 fully saturated rings. The van der Waals surface area contributed by atoms with Gasteiger partial charge in [0.25, 0.3) is 5.70 Å². The third kappa shape index (κ3) is 4.91. The topological polar surface area (TPSA) is 44.7 Å². The van der Waals surface area contributed by atoms with Gasteiger partial charge in [-0.05, 0) is 32.0 Å². The fourth-order valence-electron chi connectivity index (χ4n) is 2.17. The van der Waals surface area contributed by atoms with E-state index in [9.17, 15) is 10.1 Å². The molecule has 0 aliphatic heterocycles. The maximum absolute atomic E-state index is 12.2. The van der Waals surface area contributed by atoms with Crippen LogP contribution >= 0.6 is 27.7 Å². The van der Waals surface area contributed by atoms with Gasteiger partial charge in [-0.25, -0.2) is 0 Å². The summed E-state index contributed by atoms with van der Waals surface area (Å²) in [5.41, 5.74) is 3.08. The number of ketones is 1. The molecule has 1 heterocycles. The summed E-state index contributed by atoms with van der Waals surface area (Å²) >= 11 is 9.91. The Kier molecular flexibility index (Phi) is 6.55. The van der Waals surface area contributed by atoms with Crippen LogP contribution in [0.3, 0.4) is 0 Å². The zero-order valence-corrected chi connectivity index (χ0v) is 16.5. The van der Waals surface area contributed by atoms with E-state index in [1.165, 1.54) is 11.8 Å². The molecule has 1 aromatic heterocycles. The van der Waals surface area contributed by atoms with Crippen LogP contribution < -0.4 is 4.57 Å². The molecule has 1 aromatic carbocycles. The summed E-state index contributed by atoms with van der Waals surface area (Å²) < 4.78 is 3.07. The number of benzene rings is 1. The monoisotopic (exact) mass is 418 g/mol. The zero-order valence-electron chi connectivity index (χ0n) is 13.2. The number of halogens is 1. The van der Waals surface area contributed by atoms with Gasteiger partial charge >= 0.3 is 0 Å². The maximum atomic E-state index is 12.2. The molecule has 0 bridgehead atoms. The lowest BCUT2D eigenvalue weighted by Gasteiger charge is -2.11. The van der Waals surface area contributed by atoms with E-state index in [1.54, 1.807) is 16.7 Å². The summed E-state index contributed by atoms with van der Waals surface area (Å²) in [5.74, 6) is 0.189. The fraction of sp³-hybridized carbons (Fsp3) is 0.167. The number of Topliss-reactive ketones (excluding diaryl/α,β-unsaturated/α-hetero) is 1. The Bertz CT molecular complexity index is 819. The summed E-state index contributed by atoms with van der Waals surface area (Å²) in [6.07, 6.45) is 3.71. The molecule has 0 aliphatic carbocycles. The van der Waals surface area contributed by atoms with Crippen molar-refractivity contribution in [2.75, 3.05) is 5.75 Å². The normalized spacial score (nSPS) is 11.6. The lowest BCUT2D eigenvalue weighted by atomic mass is 10.2. The molecule has 0 radical (unpaired) electrons. The molecule has 2 aromatic rings. The van der Waals surface area contributed by atoms with Crippen molar-refractivity contribution in [3.63, 3.8) is 0 Å². The van der Waals surface area contributed by atoms with E-state index >= 15 is 0 Å². The average Bonchev–Trinajstić information content (AvgIpc) is 2.53. The van der Waals surface area contributed by atoms with Gasteiger partial charge in [0.1, 0.15) is 0 Å². The Morgan fingerprint density at radius 1 is 1.25 bits per heavy atom. The molecule has 0 unspecified atom stereocenters. The second kappa shape index (κ2) is 8.43. The van der Waals surface area contributed by atoms with Crippen LogP contribution in [0.2, 0.25) is 0 Å². The van der Waals surface area contributed by atoms with Crippen LogP contribution in [0.1, 0.15) is 21.5 Å². The van der Waals surface area contributed by atoms with Crippen molar-refractivity contribution < 1.29 is 9.36 Å². The van der Waals surface area contributed by atoms with Crippen molar-refractivity contribution in [1.82, 2.24) is 0 Å². The van der Waals surface area contributed by atoms with Crippen LogP contribution in [0.5, 0.6) is 0 Å². The van der Waals surface area contributed by atoms with Gasteiger partial charge in [0.15, 0.2) is 24.2 Å².